The largest absolute Gasteiger partial charge is 0.444 e. The first-order chi connectivity index (χ1) is 15.2. The highest BCUT2D eigenvalue weighted by Crippen LogP contribution is 2.33. The molecule has 32 heavy (non-hydrogen) atoms. The summed E-state index contributed by atoms with van der Waals surface area (Å²) in [5, 5.41) is 8.55. The fraction of sp³-hybridized carbons (Fsp3) is 0.478. The van der Waals surface area contributed by atoms with Crippen molar-refractivity contribution in [1.82, 2.24) is 15.0 Å². The zero-order valence-electron chi connectivity index (χ0n) is 19.1. The predicted molar refractivity (Wildman–Crippen MR) is 132 cm³/mol. The number of anilines is 2. The Morgan fingerprint density at radius 2 is 2.09 bits per heavy atom. The summed E-state index contributed by atoms with van der Waals surface area (Å²) >= 11 is 3.35. The molecule has 170 valence electrons. The molecule has 2 N–H and O–H groups in total. The lowest BCUT2D eigenvalue weighted by molar-refractivity contribution is 0.0636. The van der Waals surface area contributed by atoms with Crippen LogP contribution in [-0.2, 0) is 17.6 Å². The molecule has 0 radical (unpaired) electrons. The molecule has 1 unspecified atom stereocenters. The van der Waals surface area contributed by atoms with Crippen LogP contribution < -0.4 is 10.6 Å². The maximum absolute atomic E-state index is 12.1. The quantitative estimate of drug-likeness (QED) is 0.448. The highest BCUT2D eigenvalue weighted by atomic mass is 32.2. The lowest BCUT2D eigenvalue weighted by Crippen LogP contribution is -2.27. The molecule has 0 saturated carbocycles. The van der Waals surface area contributed by atoms with E-state index in [1.54, 1.807) is 6.33 Å². The molecule has 9 heteroatoms. The molecule has 7 nitrogen and oxygen atoms in total. The van der Waals surface area contributed by atoms with Crippen LogP contribution in [0.3, 0.4) is 0 Å². The van der Waals surface area contributed by atoms with Gasteiger partial charge in [-0.1, -0.05) is 13.8 Å². The van der Waals surface area contributed by atoms with Gasteiger partial charge in [0.15, 0.2) is 5.13 Å². The number of aromatic nitrogens is 3. The molecule has 1 atom stereocenters. The Hall–Kier alpha value is -2.39. The first-order valence-electron chi connectivity index (χ1n) is 10.8. The van der Waals surface area contributed by atoms with E-state index >= 15 is 0 Å². The highest BCUT2D eigenvalue weighted by Gasteiger charge is 2.25. The Labute approximate surface area is 196 Å². The molecule has 0 bridgehead atoms. The monoisotopic (exact) mass is 471 g/mol. The number of carbonyl (C=O) groups is 1. The minimum absolute atomic E-state index is 0.247. The normalized spacial score (nSPS) is 16.1. The fourth-order valence-corrected chi connectivity index (χ4v) is 5.58. The van der Waals surface area contributed by atoms with Crippen molar-refractivity contribution in [3.05, 3.63) is 35.1 Å². The number of thiazole rings is 1. The van der Waals surface area contributed by atoms with Gasteiger partial charge in [0, 0.05) is 32.9 Å². The summed E-state index contributed by atoms with van der Waals surface area (Å²) in [4.78, 5) is 28.0. The van der Waals surface area contributed by atoms with Crippen molar-refractivity contribution >= 4 is 51.0 Å². The second-order valence-corrected chi connectivity index (χ2v) is 11.9. The van der Waals surface area contributed by atoms with E-state index in [9.17, 15) is 4.79 Å². The molecular formula is C23H29N5O2S2. The smallest absolute Gasteiger partial charge is 0.413 e. The third-order valence-corrected chi connectivity index (χ3v) is 6.90. The van der Waals surface area contributed by atoms with Gasteiger partial charge in [-0.25, -0.2) is 19.7 Å². The second-order valence-electron chi connectivity index (χ2n) is 9.17. The van der Waals surface area contributed by atoms with Gasteiger partial charge >= 0.3 is 6.09 Å². The molecular weight excluding hydrogens is 442 g/mol. The number of thioether (sulfide) groups is 1. The van der Waals surface area contributed by atoms with Crippen LogP contribution >= 0.6 is 23.1 Å². The molecule has 2 aromatic heterocycles. The average molecular weight is 472 g/mol. The fourth-order valence-electron chi connectivity index (χ4n) is 3.63. The van der Waals surface area contributed by atoms with E-state index in [1.807, 2.05) is 32.5 Å². The van der Waals surface area contributed by atoms with E-state index in [2.05, 4.69) is 57.6 Å². The van der Waals surface area contributed by atoms with Crippen molar-refractivity contribution < 1.29 is 9.53 Å². The number of ether oxygens (including phenoxy) is 1. The number of rotatable bonds is 5. The van der Waals surface area contributed by atoms with E-state index in [-0.39, 0.29) is 6.04 Å². The van der Waals surface area contributed by atoms with E-state index in [0.29, 0.717) is 10.4 Å². The van der Waals surface area contributed by atoms with Crippen molar-refractivity contribution in [2.24, 2.45) is 0 Å². The van der Waals surface area contributed by atoms with Gasteiger partial charge in [0.05, 0.1) is 11.2 Å². The van der Waals surface area contributed by atoms with Gasteiger partial charge in [0.1, 0.15) is 17.7 Å². The molecule has 0 saturated heterocycles. The van der Waals surface area contributed by atoms with Gasteiger partial charge in [0.2, 0.25) is 0 Å². The van der Waals surface area contributed by atoms with Crippen LogP contribution in [0, 0.1) is 0 Å². The minimum atomic E-state index is -0.538. The van der Waals surface area contributed by atoms with Crippen molar-refractivity contribution in [1.29, 1.82) is 0 Å². The minimum Gasteiger partial charge on any atom is -0.444 e. The number of nitrogens with one attached hydrogen (secondary N) is 2. The average Bonchev–Trinajstić information content (AvgIpc) is 3.07. The first-order valence-corrected chi connectivity index (χ1v) is 12.5. The van der Waals surface area contributed by atoms with Crippen LogP contribution in [0.2, 0.25) is 0 Å². The lowest BCUT2D eigenvalue weighted by Gasteiger charge is -2.23. The SMILES string of the molecule is CC(C)Sc1ccc2ncnc(NC3CCc4nc(NC(=O)OC(C)(C)C)sc4C3)c2c1. The molecule has 0 aliphatic heterocycles. The zero-order chi connectivity index (χ0) is 22.9. The second kappa shape index (κ2) is 9.23. The number of hydrogen-bond acceptors (Lipinski definition) is 8. The van der Waals surface area contributed by atoms with E-state index in [4.69, 9.17) is 4.74 Å². The molecule has 1 amide bonds. The summed E-state index contributed by atoms with van der Waals surface area (Å²) in [7, 11) is 0. The summed E-state index contributed by atoms with van der Waals surface area (Å²) in [6.07, 6.45) is 3.80. The number of benzene rings is 1. The molecule has 3 aromatic rings. The summed E-state index contributed by atoms with van der Waals surface area (Å²) in [6.45, 7) is 9.91. The number of nitrogens with zero attached hydrogens (tertiary/aromatic N) is 3. The summed E-state index contributed by atoms with van der Waals surface area (Å²) in [5.74, 6) is 0.867. The maximum Gasteiger partial charge on any atom is 0.413 e. The molecule has 0 spiro atoms. The Morgan fingerprint density at radius 3 is 2.84 bits per heavy atom. The van der Waals surface area contributed by atoms with Crippen LogP contribution in [0.5, 0.6) is 0 Å². The van der Waals surface area contributed by atoms with Gasteiger partial charge in [0.25, 0.3) is 0 Å². The van der Waals surface area contributed by atoms with Gasteiger partial charge < -0.3 is 10.1 Å². The first kappa shape index (κ1) is 22.8. The standard InChI is InChI=1S/C23H29N5O2S2/c1-13(2)31-15-7-9-17-16(11-15)20(25-12-24-17)26-14-6-8-18-19(10-14)32-21(27-18)28-22(29)30-23(3,4)5/h7,9,11-14H,6,8,10H2,1-5H3,(H,24,25,26)(H,27,28,29). The van der Waals surface area contributed by atoms with Crippen molar-refractivity contribution in [3.8, 4) is 0 Å². The number of hydrogen-bond donors (Lipinski definition) is 2. The molecule has 1 aliphatic carbocycles. The molecule has 2 heterocycles. The number of aryl methyl sites for hydroxylation is 1. The zero-order valence-corrected chi connectivity index (χ0v) is 20.7. The van der Waals surface area contributed by atoms with Crippen LogP contribution in [0.4, 0.5) is 15.7 Å². The van der Waals surface area contributed by atoms with Gasteiger partial charge in [-0.15, -0.1) is 23.1 Å². The number of fused-ring (bicyclic) bond motifs is 2. The number of carbonyl (C=O) groups excluding carboxylic acids is 1. The van der Waals surface area contributed by atoms with Crippen LogP contribution in [0.15, 0.2) is 29.4 Å². The summed E-state index contributed by atoms with van der Waals surface area (Å²) in [6, 6.07) is 6.60. The summed E-state index contributed by atoms with van der Waals surface area (Å²) in [5.41, 5.74) is 1.46. The third-order valence-electron chi connectivity index (χ3n) is 4.87. The Balaban J connectivity index is 1.47. The van der Waals surface area contributed by atoms with E-state index < -0.39 is 11.7 Å². The lowest BCUT2D eigenvalue weighted by atomic mass is 9.97. The van der Waals surface area contributed by atoms with Crippen LogP contribution in [-0.4, -0.2) is 37.9 Å². The van der Waals surface area contributed by atoms with Crippen LogP contribution in [0.25, 0.3) is 10.9 Å². The third kappa shape index (κ3) is 5.69. The van der Waals surface area contributed by atoms with Crippen molar-refractivity contribution in [2.75, 3.05) is 10.6 Å². The molecule has 1 aromatic carbocycles. The van der Waals surface area contributed by atoms with Gasteiger partial charge in [-0.3, -0.25) is 5.32 Å². The molecule has 1 aliphatic rings. The van der Waals surface area contributed by atoms with Gasteiger partial charge in [-0.2, -0.15) is 0 Å². The van der Waals surface area contributed by atoms with Crippen molar-refractivity contribution in [2.45, 2.75) is 75.7 Å². The van der Waals surface area contributed by atoms with E-state index in [1.165, 1.54) is 21.1 Å². The molecule has 4 rings (SSSR count). The maximum atomic E-state index is 12.1. The van der Waals surface area contributed by atoms with Gasteiger partial charge in [-0.05, 0) is 51.8 Å². The summed E-state index contributed by atoms with van der Waals surface area (Å²) < 4.78 is 5.34. The highest BCUT2D eigenvalue weighted by molar-refractivity contribution is 7.99. The van der Waals surface area contributed by atoms with Crippen LogP contribution in [0.1, 0.15) is 51.6 Å². The van der Waals surface area contributed by atoms with Crippen molar-refractivity contribution in [3.63, 3.8) is 0 Å². The topological polar surface area (TPSA) is 89.0 Å². The number of amides is 1. The Kier molecular flexibility index (Phi) is 6.57. The molecule has 0 fully saturated rings. The Morgan fingerprint density at radius 1 is 1.28 bits per heavy atom. The Bertz CT molecular complexity index is 1120. The predicted octanol–water partition coefficient (Wildman–Crippen LogP) is 5.90. The van der Waals surface area contributed by atoms with E-state index in [0.717, 1.165) is 41.7 Å².